The van der Waals surface area contributed by atoms with Crippen molar-refractivity contribution in [2.45, 2.75) is 19.8 Å². The van der Waals surface area contributed by atoms with Gasteiger partial charge in [-0.3, -0.25) is 14.4 Å². The number of anilines is 2. The van der Waals surface area contributed by atoms with Gasteiger partial charge in [-0.25, -0.2) is 0 Å². The summed E-state index contributed by atoms with van der Waals surface area (Å²) in [6.07, 6.45) is 0. The van der Waals surface area contributed by atoms with Gasteiger partial charge >= 0.3 is 0 Å². The van der Waals surface area contributed by atoms with Gasteiger partial charge in [0.25, 0.3) is 0 Å². The van der Waals surface area contributed by atoms with Crippen LogP contribution < -0.4 is 10.6 Å². The number of ether oxygens (including phenoxy) is 4. The Hall–Kier alpha value is -3.11. The van der Waals surface area contributed by atoms with Crippen molar-refractivity contribution in [3.8, 4) is 11.1 Å². The summed E-state index contributed by atoms with van der Waals surface area (Å²) in [5.74, 6) is -1.21. The van der Waals surface area contributed by atoms with Gasteiger partial charge in [-0.05, 0) is 46.5 Å². The molecule has 2 aromatic rings. The topological polar surface area (TPSA) is 112 Å². The number of carbonyl (C=O) groups is 3. The van der Waals surface area contributed by atoms with Crippen LogP contribution in [0, 0.1) is 5.92 Å². The third kappa shape index (κ3) is 6.98. The second-order valence-corrected chi connectivity index (χ2v) is 8.78. The lowest BCUT2D eigenvalue weighted by Crippen LogP contribution is -2.21. The largest absolute Gasteiger partial charge is 0.382 e. The number of hydrogen-bond donors (Lipinski definition) is 2. The molecule has 3 rings (SSSR count). The Kier molecular flexibility index (Phi) is 10.1. The molecule has 0 atom stereocenters. The fourth-order valence-electron chi connectivity index (χ4n) is 4.06. The first-order valence-electron chi connectivity index (χ1n) is 11.9. The van der Waals surface area contributed by atoms with Gasteiger partial charge in [-0.1, -0.05) is 26.0 Å². The third-order valence-electron chi connectivity index (χ3n) is 5.77. The molecule has 0 saturated heterocycles. The predicted molar refractivity (Wildman–Crippen MR) is 136 cm³/mol. The first kappa shape index (κ1) is 27.5. The van der Waals surface area contributed by atoms with E-state index >= 15 is 0 Å². The van der Waals surface area contributed by atoms with Gasteiger partial charge in [0, 0.05) is 31.5 Å². The van der Waals surface area contributed by atoms with E-state index in [1.165, 1.54) is 0 Å². The maximum atomic E-state index is 13.3. The molecule has 36 heavy (non-hydrogen) atoms. The fourth-order valence-corrected chi connectivity index (χ4v) is 4.06. The lowest BCUT2D eigenvalue weighted by molar-refractivity contribution is -0.122. The molecule has 2 aromatic carbocycles. The zero-order chi connectivity index (χ0) is 26.1. The fraction of sp³-hybridized carbons (Fsp3) is 0.444. The monoisotopic (exact) mass is 498 g/mol. The van der Waals surface area contributed by atoms with Gasteiger partial charge in [0.15, 0.2) is 0 Å². The van der Waals surface area contributed by atoms with Crippen LogP contribution in [0.25, 0.3) is 11.1 Å². The molecule has 0 radical (unpaired) electrons. The normalized spacial score (nSPS) is 12.4. The van der Waals surface area contributed by atoms with Gasteiger partial charge in [0.1, 0.15) is 19.0 Å². The minimum absolute atomic E-state index is 0.0627. The number of fused-ring (bicyclic) bond motifs is 3. The van der Waals surface area contributed by atoms with Crippen LogP contribution in [-0.2, 0) is 33.3 Å². The van der Waals surface area contributed by atoms with E-state index in [9.17, 15) is 14.4 Å². The summed E-state index contributed by atoms with van der Waals surface area (Å²) in [6.45, 7) is 5.02. The Morgan fingerprint density at radius 2 is 1.19 bits per heavy atom. The molecule has 1 aliphatic rings. The van der Waals surface area contributed by atoms with Gasteiger partial charge in [0.2, 0.25) is 11.8 Å². The summed E-state index contributed by atoms with van der Waals surface area (Å²) in [5, 5.41) is 5.67. The van der Waals surface area contributed by atoms with E-state index in [4.69, 9.17) is 18.9 Å². The Bertz CT molecular complexity index is 1010. The number of ketones is 1. The van der Waals surface area contributed by atoms with Crippen molar-refractivity contribution < 1.29 is 33.3 Å². The van der Waals surface area contributed by atoms with Crippen molar-refractivity contribution in [1.29, 1.82) is 0 Å². The molecule has 2 amide bonds. The van der Waals surface area contributed by atoms with Gasteiger partial charge in [-0.2, -0.15) is 0 Å². The predicted octanol–water partition coefficient (Wildman–Crippen LogP) is 3.23. The van der Waals surface area contributed by atoms with Crippen molar-refractivity contribution in [2.75, 3.05) is 64.5 Å². The highest BCUT2D eigenvalue weighted by molar-refractivity contribution is 6.01. The van der Waals surface area contributed by atoms with E-state index < -0.39 is 5.92 Å². The molecule has 9 nitrogen and oxygen atoms in total. The van der Waals surface area contributed by atoms with Crippen LogP contribution in [0.3, 0.4) is 0 Å². The van der Waals surface area contributed by atoms with Crippen LogP contribution in [0.5, 0.6) is 0 Å². The van der Waals surface area contributed by atoms with Crippen LogP contribution in [0.2, 0.25) is 0 Å². The molecule has 0 saturated carbocycles. The second-order valence-electron chi connectivity index (χ2n) is 8.78. The van der Waals surface area contributed by atoms with E-state index in [1.54, 1.807) is 14.2 Å². The van der Waals surface area contributed by atoms with Gasteiger partial charge in [-0.15, -0.1) is 0 Å². The average molecular weight is 499 g/mol. The smallest absolute Gasteiger partial charge is 0.250 e. The van der Waals surface area contributed by atoms with Crippen molar-refractivity contribution in [1.82, 2.24) is 0 Å². The highest BCUT2D eigenvalue weighted by atomic mass is 16.5. The number of amides is 2. The zero-order valence-corrected chi connectivity index (χ0v) is 21.2. The SMILES string of the molecule is COCCOCC(=O)Nc1ccc2c(c1)C(C(=O)C(C)C)c1cc(NC(=O)COCCOC)ccc1-2. The van der Waals surface area contributed by atoms with E-state index in [-0.39, 0.29) is 36.7 Å². The maximum Gasteiger partial charge on any atom is 0.250 e. The Morgan fingerprint density at radius 1 is 0.750 bits per heavy atom. The van der Waals surface area contributed by atoms with Crippen LogP contribution in [-0.4, -0.2) is 71.5 Å². The number of Topliss-reactive ketones (excluding diaryl/α,β-unsaturated/α-hetero) is 1. The summed E-state index contributed by atoms with van der Waals surface area (Å²) >= 11 is 0. The molecule has 0 aliphatic heterocycles. The first-order chi connectivity index (χ1) is 17.3. The highest BCUT2D eigenvalue weighted by Gasteiger charge is 2.35. The van der Waals surface area contributed by atoms with Crippen molar-refractivity contribution in [3.05, 3.63) is 47.5 Å². The third-order valence-corrected chi connectivity index (χ3v) is 5.77. The number of rotatable bonds is 14. The maximum absolute atomic E-state index is 13.3. The Balaban J connectivity index is 1.80. The van der Waals surface area contributed by atoms with Crippen molar-refractivity contribution in [3.63, 3.8) is 0 Å². The van der Waals surface area contributed by atoms with E-state index in [0.717, 1.165) is 22.3 Å². The minimum Gasteiger partial charge on any atom is -0.382 e. The summed E-state index contributed by atoms with van der Waals surface area (Å²) < 4.78 is 20.4. The lowest BCUT2D eigenvalue weighted by Gasteiger charge is -2.17. The molecule has 0 heterocycles. The molecule has 194 valence electrons. The molecule has 2 N–H and O–H groups in total. The molecule has 9 heteroatoms. The summed E-state index contributed by atoms with van der Waals surface area (Å²) in [5.41, 5.74) is 4.69. The van der Waals surface area contributed by atoms with E-state index in [2.05, 4.69) is 10.6 Å². The van der Waals surface area contributed by atoms with Gasteiger partial charge in [0.05, 0.1) is 32.3 Å². The number of benzene rings is 2. The summed E-state index contributed by atoms with van der Waals surface area (Å²) in [7, 11) is 3.13. The lowest BCUT2D eigenvalue weighted by atomic mass is 9.87. The number of nitrogens with one attached hydrogen (secondary N) is 2. The van der Waals surface area contributed by atoms with E-state index in [0.29, 0.717) is 37.8 Å². The summed E-state index contributed by atoms with van der Waals surface area (Å²) in [6, 6.07) is 11.1. The van der Waals surface area contributed by atoms with Crippen molar-refractivity contribution in [2.24, 2.45) is 5.92 Å². The molecular weight excluding hydrogens is 464 g/mol. The quantitative estimate of drug-likeness (QED) is 0.385. The number of carbonyl (C=O) groups excluding carboxylic acids is 3. The summed E-state index contributed by atoms with van der Waals surface area (Å²) in [4.78, 5) is 37.9. The minimum atomic E-state index is -0.500. The van der Waals surface area contributed by atoms with E-state index in [1.807, 2.05) is 50.2 Å². The Labute approximate surface area is 211 Å². The highest BCUT2D eigenvalue weighted by Crippen LogP contribution is 2.47. The number of methoxy groups -OCH3 is 2. The van der Waals surface area contributed by atoms with Crippen molar-refractivity contribution >= 4 is 29.0 Å². The molecule has 0 bridgehead atoms. The van der Waals surface area contributed by atoms with Crippen LogP contribution in [0.15, 0.2) is 36.4 Å². The second kappa shape index (κ2) is 13.3. The van der Waals surface area contributed by atoms with Gasteiger partial charge < -0.3 is 29.6 Å². The molecule has 0 unspecified atom stereocenters. The standard InChI is InChI=1S/C27H34N2O7/c1-17(2)27(32)26-22-13-18(28-24(30)15-35-11-9-33-3)5-7-20(22)21-8-6-19(14-23(21)26)29-25(31)16-36-12-10-34-4/h5-8,13-14,17,26H,9-12,15-16H2,1-4H3,(H,28,30)(H,29,31). The average Bonchev–Trinajstić information content (AvgIpc) is 3.16. The first-order valence-corrected chi connectivity index (χ1v) is 11.9. The molecule has 1 aliphatic carbocycles. The Morgan fingerprint density at radius 3 is 1.58 bits per heavy atom. The molecule has 0 aromatic heterocycles. The van der Waals surface area contributed by atoms with Crippen LogP contribution in [0.1, 0.15) is 30.9 Å². The molecular formula is C27H34N2O7. The zero-order valence-electron chi connectivity index (χ0n) is 21.2. The number of hydrogen-bond acceptors (Lipinski definition) is 7. The van der Waals surface area contributed by atoms with Crippen LogP contribution in [0.4, 0.5) is 11.4 Å². The molecule has 0 spiro atoms. The van der Waals surface area contributed by atoms with Crippen LogP contribution >= 0.6 is 0 Å². The molecule has 0 fully saturated rings.